The third-order valence-corrected chi connectivity index (χ3v) is 2.64. The van der Waals surface area contributed by atoms with Gasteiger partial charge in [0.05, 0.1) is 12.6 Å². The Hall–Kier alpha value is -0.750. The fourth-order valence-corrected chi connectivity index (χ4v) is 1.50. The topological polar surface area (TPSA) is 58.4 Å². The molecule has 1 atom stereocenters. The van der Waals surface area contributed by atoms with E-state index in [4.69, 9.17) is 5.73 Å². The third kappa shape index (κ3) is 4.40. The Balaban J connectivity index is 2.43. The average Bonchev–Trinajstić information content (AvgIpc) is 2.99. The number of nitrogens with two attached hydrogens (primary N) is 1. The van der Waals surface area contributed by atoms with Gasteiger partial charge >= 0.3 is 0 Å². The van der Waals surface area contributed by atoms with Crippen LogP contribution in [-0.2, 0) is 4.79 Å². The highest BCUT2D eigenvalue weighted by molar-refractivity contribution is 5.81. The Morgan fingerprint density at radius 3 is 2.62 bits per heavy atom. The smallest absolute Gasteiger partial charge is 0.251 e. The van der Waals surface area contributed by atoms with Crippen LogP contribution in [0.15, 0.2) is 0 Å². The molecule has 1 aliphatic carbocycles. The van der Waals surface area contributed by atoms with Gasteiger partial charge in [0.25, 0.3) is 6.43 Å². The minimum Gasteiger partial charge on any atom is -0.352 e. The van der Waals surface area contributed by atoms with Crippen LogP contribution in [0, 0.1) is 0 Å². The fraction of sp³-hybridized carbons (Fsp3) is 0.900. The van der Waals surface area contributed by atoms with Gasteiger partial charge in [-0.25, -0.2) is 8.78 Å². The maximum Gasteiger partial charge on any atom is 0.251 e. The van der Waals surface area contributed by atoms with E-state index in [0.717, 1.165) is 12.8 Å². The van der Waals surface area contributed by atoms with Gasteiger partial charge in [-0.3, -0.25) is 9.69 Å². The molecule has 94 valence electrons. The first kappa shape index (κ1) is 13.3. The molecule has 0 bridgehead atoms. The lowest BCUT2D eigenvalue weighted by Gasteiger charge is -2.27. The Morgan fingerprint density at radius 2 is 2.19 bits per heavy atom. The molecule has 0 aromatic carbocycles. The van der Waals surface area contributed by atoms with E-state index in [0.29, 0.717) is 6.54 Å². The maximum absolute atomic E-state index is 12.3. The van der Waals surface area contributed by atoms with Crippen molar-refractivity contribution in [1.29, 1.82) is 0 Å². The number of amides is 1. The van der Waals surface area contributed by atoms with Crippen LogP contribution in [0.1, 0.15) is 19.8 Å². The molecule has 0 spiro atoms. The Kier molecular flexibility index (Phi) is 5.08. The van der Waals surface area contributed by atoms with E-state index < -0.39 is 19.0 Å². The molecule has 1 saturated carbocycles. The molecule has 4 nitrogen and oxygen atoms in total. The molecule has 1 amide bonds. The first-order valence-corrected chi connectivity index (χ1v) is 5.57. The van der Waals surface area contributed by atoms with Crippen LogP contribution in [0.5, 0.6) is 0 Å². The number of nitrogens with zero attached hydrogens (tertiary/aromatic N) is 1. The molecule has 0 aromatic heterocycles. The van der Waals surface area contributed by atoms with Crippen molar-refractivity contribution in [3.05, 3.63) is 0 Å². The predicted molar refractivity (Wildman–Crippen MR) is 57.3 cm³/mol. The summed E-state index contributed by atoms with van der Waals surface area (Å²) in [6, 6.07) is -0.292. The minimum absolute atomic E-state index is 0.184. The lowest BCUT2D eigenvalue weighted by atomic mass is 10.2. The van der Waals surface area contributed by atoms with Crippen LogP contribution in [0.2, 0.25) is 0 Å². The first-order valence-electron chi connectivity index (χ1n) is 5.57. The van der Waals surface area contributed by atoms with E-state index in [2.05, 4.69) is 5.32 Å². The zero-order valence-corrected chi connectivity index (χ0v) is 9.46. The SMILES string of the molecule is CC(C(=O)NC1CC1)N(CCN)CC(F)F. The van der Waals surface area contributed by atoms with Gasteiger partial charge in [0, 0.05) is 19.1 Å². The summed E-state index contributed by atoms with van der Waals surface area (Å²) in [5.74, 6) is -0.184. The van der Waals surface area contributed by atoms with Gasteiger partial charge in [-0.15, -0.1) is 0 Å². The molecule has 6 heteroatoms. The number of alkyl halides is 2. The molecule has 1 unspecified atom stereocenters. The Labute approximate surface area is 94.2 Å². The van der Waals surface area contributed by atoms with Crippen LogP contribution in [0.4, 0.5) is 8.78 Å². The highest BCUT2D eigenvalue weighted by atomic mass is 19.3. The highest BCUT2D eigenvalue weighted by Crippen LogP contribution is 2.19. The summed E-state index contributed by atoms with van der Waals surface area (Å²) in [4.78, 5) is 13.1. The quantitative estimate of drug-likeness (QED) is 0.662. The van der Waals surface area contributed by atoms with E-state index in [-0.39, 0.29) is 18.5 Å². The molecule has 1 fully saturated rings. The van der Waals surface area contributed by atoms with Gasteiger partial charge in [-0.1, -0.05) is 0 Å². The van der Waals surface area contributed by atoms with Crippen LogP contribution >= 0.6 is 0 Å². The first-order chi connectivity index (χ1) is 7.54. The van der Waals surface area contributed by atoms with Crippen molar-refractivity contribution in [2.75, 3.05) is 19.6 Å². The van der Waals surface area contributed by atoms with Crippen LogP contribution in [0.25, 0.3) is 0 Å². The summed E-state index contributed by atoms with van der Waals surface area (Å²) in [5, 5.41) is 2.80. The standard InChI is InChI=1S/C10H19F2N3O/c1-7(10(16)14-8-2-3-8)15(5-4-13)6-9(11)12/h7-9H,2-6,13H2,1H3,(H,14,16). The summed E-state index contributed by atoms with van der Waals surface area (Å²) in [6.45, 7) is 1.81. The molecule has 16 heavy (non-hydrogen) atoms. The number of hydrogen-bond acceptors (Lipinski definition) is 3. The van der Waals surface area contributed by atoms with Gasteiger partial charge < -0.3 is 11.1 Å². The van der Waals surface area contributed by atoms with Crippen molar-refractivity contribution in [3.63, 3.8) is 0 Å². The molecular weight excluding hydrogens is 216 g/mol. The van der Waals surface area contributed by atoms with E-state index in [9.17, 15) is 13.6 Å². The minimum atomic E-state index is -2.44. The van der Waals surface area contributed by atoms with Crippen LogP contribution < -0.4 is 11.1 Å². The molecule has 1 rings (SSSR count). The largest absolute Gasteiger partial charge is 0.352 e. The maximum atomic E-state index is 12.3. The third-order valence-electron chi connectivity index (χ3n) is 2.64. The van der Waals surface area contributed by atoms with Crippen molar-refractivity contribution < 1.29 is 13.6 Å². The van der Waals surface area contributed by atoms with Gasteiger partial charge in [-0.2, -0.15) is 0 Å². The van der Waals surface area contributed by atoms with Gasteiger partial charge in [0.1, 0.15) is 0 Å². The summed E-state index contributed by atoms with van der Waals surface area (Å²) in [7, 11) is 0. The predicted octanol–water partition coefficient (Wildman–Crippen LogP) is 0.179. The number of rotatable bonds is 7. The Bertz CT molecular complexity index is 234. The summed E-state index contributed by atoms with van der Waals surface area (Å²) >= 11 is 0. The van der Waals surface area contributed by atoms with Crippen LogP contribution in [-0.4, -0.2) is 49.0 Å². The molecule has 0 aliphatic heterocycles. The number of carbonyl (C=O) groups is 1. The number of nitrogens with one attached hydrogen (secondary N) is 1. The number of halogens is 2. The second-order valence-electron chi connectivity index (χ2n) is 4.13. The van der Waals surface area contributed by atoms with Gasteiger partial charge in [-0.05, 0) is 19.8 Å². The summed E-state index contributed by atoms with van der Waals surface area (Å²) in [6.07, 6.45) is -0.461. The summed E-state index contributed by atoms with van der Waals surface area (Å²) < 4.78 is 24.6. The lowest BCUT2D eigenvalue weighted by molar-refractivity contribution is -0.126. The van der Waals surface area contributed by atoms with Crippen LogP contribution in [0.3, 0.4) is 0 Å². The molecular formula is C10H19F2N3O. The zero-order valence-electron chi connectivity index (χ0n) is 9.46. The molecule has 0 saturated heterocycles. The number of hydrogen-bond donors (Lipinski definition) is 2. The summed E-state index contributed by atoms with van der Waals surface area (Å²) in [5.41, 5.74) is 5.34. The molecule has 0 aromatic rings. The van der Waals surface area contributed by atoms with Gasteiger partial charge in [0.2, 0.25) is 5.91 Å². The highest BCUT2D eigenvalue weighted by Gasteiger charge is 2.28. The molecule has 0 heterocycles. The van der Waals surface area contributed by atoms with Crippen molar-refractivity contribution in [2.24, 2.45) is 5.73 Å². The van der Waals surface area contributed by atoms with E-state index in [1.54, 1.807) is 6.92 Å². The van der Waals surface area contributed by atoms with Crippen molar-refractivity contribution in [2.45, 2.75) is 38.3 Å². The van der Waals surface area contributed by atoms with E-state index in [1.807, 2.05) is 0 Å². The van der Waals surface area contributed by atoms with Gasteiger partial charge in [0.15, 0.2) is 0 Å². The monoisotopic (exact) mass is 235 g/mol. The van der Waals surface area contributed by atoms with Crippen molar-refractivity contribution >= 4 is 5.91 Å². The van der Waals surface area contributed by atoms with E-state index >= 15 is 0 Å². The molecule has 0 radical (unpaired) electrons. The average molecular weight is 235 g/mol. The molecule has 1 aliphatic rings. The Morgan fingerprint density at radius 1 is 1.56 bits per heavy atom. The second-order valence-corrected chi connectivity index (χ2v) is 4.13. The second kappa shape index (κ2) is 6.10. The fourth-order valence-electron chi connectivity index (χ4n) is 1.50. The number of carbonyl (C=O) groups excluding carboxylic acids is 1. The van der Waals surface area contributed by atoms with Crippen molar-refractivity contribution in [1.82, 2.24) is 10.2 Å². The van der Waals surface area contributed by atoms with E-state index in [1.165, 1.54) is 4.90 Å². The zero-order chi connectivity index (χ0) is 12.1. The normalized spacial score (nSPS) is 17.9. The van der Waals surface area contributed by atoms with Crippen molar-refractivity contribution in [3.8, 4) is 0 Å². The lowest BCUT2D eigenvalue weighted by Crippen LogP contribution is -2.49. The molecule has 3 N–H and O–H groups in total.